The van der Waals surface area contributed by atoms with Crippen LogP contribution in [-0.4, -0.2) is 10.5 Å². The highest BCUT2D eigenvalue weighted by Crippen LogP contribution is 2.13. The fourth-order valence-corrected chi connectivity index (χ4v) is 2.05. The van der Waals surface area contributed by atoms with E-state index in [2.05, 4.69) is 0 Å². The Morgan fingerprint density at radius 2 is 1.86 bits per heavy atom. The number of halogens is 1. The third kappa shape index (κ3) is 2.68. The van der Waals surface area contributed by atoms with Gasteiger partial charge in [0.05, 0.1) is 11.1 Å². The summed E-state index contributed by atoms with van der Waals surface area (Å²) in [7, 11) is 0. The van der Waals surface area contributed by atoms with Crippen molar-refractivity contribution in [1.29, 1.82) is 0 Å². The van der Waals surface area contributed by atoms with Crippen LogP contribution in [0.1, 0.15) is 10.4 Å². The van der Waals surface area contributed by atoms with Crippen LogP contribution in [0.2, 0.25) is 5.02 Å². The van der Waals surface area contributed by atoms with E-state index in [1.807, 2.05) is 0 Å². The molecule has 106 valence electrons. The molecule has 0 bridgehead atoms. The van der Waals surface area contributed by atoms with E-state index in [4.69, 9.17) is 20.8 Å². The molecule has 0 amide bonds. The molecule has 0 unspecified atom stereocenters. The number of oxazole rings is 1. The lowest BCUT2D eigenvalue weighted by atomic mass is 10.2. The van der Waals surface area contributed by atoms with Crippen LogP contribution in [0.3, 0.4) is 0 Å². The van der Waals surface area contributed by atoms with Gasteiger partial charge in [-0.1, -0.05) is 23.7 Å². The molecule has 0 aliphatic heterocycles. The van der Waals surface area contributed by atoms with Gasteiger partial charge in [0.15, 0.2) is 12.3 Å². The first-order valence-electron chi connectivity index (χ1n) is 6.16. The van der Waals surface area contributed by atoms with E-state index in [9.17, 15) is 9.59 Å². The van der Waals surface area contributed by atoms with Gasteiger partial charge in [0.1, 0.15) is 0 Å². The van der Waals surface area contributed by atoms with Gasteiger partial charge in [-0.25, -0.2) is 14.2 Å². The maximum absolute atomic E-state index is 11.9. The molecule has 1 aromatic heterocycles. The Morgan fingerprint density at radius 1 is 1.14 bits per heavy atom. The molecule has 0 atom stereocenters. The number of hydrogen-bond acceptors (Lipinski definition) is 4. The number of hydrogen-bond donors (Lipinski definition) is 0. The zero-order valence-electron chi connectivity index (χ0n) is 10.8. The summed E-state index contributed by atoms with van der Waals surface area (Å²) >= 11 is 5.75. The van der Waals surface area contributed by atoms with Crippen molar-refractivity contribution in [2.24, 2.45) is 0 Å². The maximum atomic E-state index is 11.9. The van der Waals surface area contributed by atoms with Crippen LogP contribution in [0.15, 0.2) is 57.7 Å². The van der Waals surface area contributed by atoms with Crippen LogP contribution < -0.4 is 5.76 Å². The highest BCUT2D eigenvalue weighted by molar-refractivity contribution is 6.30. The number of esters is 1. The van der Waals surface area contributed by atoms with Crippen LogP contribution in [0.5, 0.6) is 0 Å². The van der Waals surface area contributed by atoms with Gasteiger partial charge in [-0.2, -0.15) is 0 Å². The Bertz CT molecular complexity index is 848. The van der Waals surface area contributed by atoms with E-state index < -0.39 is 11.7 Å². The van der Waals surface area contributed by atoms with Gasteiger partial charge in [-0.05, 0) is 36.4 Å². The molecule has 0 radical (unpaired) electrons. The quantitative estimate of drug-likeness (QED) is 0.698. The summed E-state index contributed by atoms with van der Waals surface area (Å²) in [5.74, 6) is -1.11. The molecule has 2 aromatic carbocycles. The molecule has 0 saturated carbocycles. The van der Waals surface area contributed by atoms with Crippen LogP contribution >= 0.6 is 11.6 Å². The first-order valence-corrected chi connectivity index (χ1v) is 6.54. The van der Waals surface area contributed by atoms with E-state index in [1.54, 1.807) is 48.5 Å². The first-order chi connectivity index (χ1) is 10.1. The van der Waals surface area contributed by atoms with Crippen LogP contribution in [-0.2, 0) is 11.5 Å². The lowest BCUT2D eigenvalue weighted by molar-refractivity contribution is 0.0368. The van der Waals surface area contributed by atoms with Crippen LogP contribution in [0.4, 0.5) is 0 Å². The summed E-state index contributed by atoms with van der Waals surface area (Å²) in [6.07, 6.45) is 0. The van der Waals surface area contributed by atoms with Crippen molar-refractivity contribution in [3.8, 4) is 0 Å². The van der Waals surface area contributed by atoms with E-state index in [-0.39, 0.29) is 6.73 Å². The summed E-state index contributed by atoms with van der Waals surface area (Å²) in [5.41, 5.74) is 1.39. The topological polar surface area (TPSA) is 61.4 Å². The number of benzene rings is 2. The third-order valence-electron chi connectivity index (χ3n) is 2.98. The van der Waals surface area contributed by atoms with Gasteiger partial charge in [-0.3, -0.25) is 0 Å². The second-order valence-corrected chi connectivity index (χ2v) is 4.77. The van der Waals surface area contributed by atoms with E-state index in [1.165, 1.54) is 4.57 Å². The zero-order chi connectivity index (χ0) is 14.8. The molecule has 6 heteroatoms. The number of fused-ring (bicyclic) bond motifs is 1. The molecule has 0 aliphatic rings. The fourth-order valence-electron chi connectivity index (χ4n) is 1.93. The minimum atomic E-state index is -0.569. The predicted molar refractivity (Wildman–Crippen MR) is 77.3 cm³/mol. The molecule has 0 N–H and O–H groups in total. The van der Waals surface area contributed by atoms with Crippen molar-refractivity contribution in [3.05, 3.63) is 69.7 Å². The second-order valence-electron chi connectivity index (χ2n) is 4.33. The van der Waals surface area contributed by atoms with Crippen molar-refractivity contribution in [2.75, 3.05) is 0 Å². The minimum absolute atomic E-state index is 0.211. The number of carbonyl (C=O) groups is 1. The van der Waals surface area contributed by atoms with Crippen LogP contribution in [0.25, 0.3) is 11.1 Å². The van der Waals surface area contributed by atoms with Crippen molar-refractivity contribution in [1.82, 2.24) is 4.57 Å². The fraction of sp³-hybridized carbons (Fsp3) is 0.0667. The lowest BCUT2D eigenvalue weighted by Crippen LogP contribution is -2.18. The van der Waals surface area contributed by atoms with Crippen LogP contribution in [0, 0.1) is 0 Å². The summed E-state index contributed by atoms with van der Waals surface area (Å²) in [4.78, 5) is 23.6. The minimum Gasteiger partial charge on any atom is -0.440 e. The molecule has 21 heavy (non-hydrogen) atoms. The average molecular weight is 304 g/mol. The Kier molecular flexibility index (Phi) is 3.50. The number of aromatic nitrogens is 1. The summed E-state index contributed by atoms with van der Waals surface area (Å²) in [6.45, 7) is -0.211. The van der Waals surface area contributed by atoms with Gasteiger partial charge in [-0.15, -0.1) is 0 Å². The van der Waals surface area contributed by atoms with Gasteiger partial charge >= 0.3 is 11.7 Å². The molecule has 3 aromatic rings. The summed E-state index contributed by atoms with van der Waals surface area (Å²) in [5, 5.41) is 0.531. The molecule has 0 saturated heterocycles. The van der Waals surface area contributed by atoms with E-state index in [0.29, 0.717) is 21.7 Å². The number of ether oxygens (including phenoxy) is 1. The maximum Gasteiger partial charge on any atom is 0.422 e. The Morgan fingerprint density at radius 3 is 2.62 bits per heavy atom. The molecule has 3 rings (SSSR count). The number of rotatable bonds is 3. The predicted octanol–water partition coefficient (Wildman–Crippen LogP) is 3.06. The monoisotopic (exact) mass is 303 g/mol. The first kappa shape index (κ1) is 13.5. The summed E-state index contributed by atoms with van der Waals surface area (Å²) in [6, 6.07) is 13.2. The second kappa shape index (κ2) is 5.46. The van der Waals surface area contributed by atoms with Crippen molar-refractivity contribution in [2.45, 2.75) is 6.73 Å². The molecule has 5 nitrogen and oxygen atoms in total. The molecular formula is C15H10ClNO4. The molecule has 0 spiro atoms. The smallest absolute Gasteiger partial charge is 0.422 e. The number of para-hydroxylation sites is 2. The Hall–Kier alpha value is -2.53. The van der Waals surface area contributed by atoms with Gasteiger partial charge in [0.25, 0.3) is 0 Å². The average Bonchev–Trinajstić information content (AvgIpc) is 2.81. The van der Waals surface area contributed by atoms with Gasteiger partial charge < -0.3 is 9.15 Å². The number of nitrogens with zero attached hydrogens (tertiary/aromatic N) is 1. The van der Waals surface area contributed by atoms with Crippen molar-refractivity contribution in [3.63, 3.8) is 0 Å². The van der Waals surface area contributed by atoms with Gasteiger partial charge in [0.2, 0.25) is 0 Å². The molecule has 1 heterocycles. The highest BCUT2D eigenvalue weighted by atomic mass is 35.5. The molecule has 0 fully saturated rings. The lowest BCUT2D eigenvalue weighted by Gasteiger charge is -2.05. The zero-order valence-corrected chi connectivity index (χ0v) is 11.5. The number of carbonyl (C=O) groups excluding carboxylic acids is 1. The van der Waals surface area contributed by atoms with Crippen molar-refractivity contribution >= 4 is 28.7 Å². The normalized spacial score (nSPS) is 10.7. The highest BCUT2D eigenvalue weighted by Gasteiger charge is 2.12. The van der Waals surface area contributed by atoms with Crippen molar-refractivity contribution < 1.29 is 13.9 Å². The van der Waals surface area contributed by atoms with E-state index in [0.717, 1.165) is 0 Å². The molecular weight excluding hydrogens is 294 g/mol. The summed E-state index contributed by atoms with van der Waals surface area (Å²) < 4.78 is 11.4. The standard InChI is InChI=1S/C15H10ClNO4/c16-11-7-5-10(6-8-11)14(18)20-9-17-12-3-1-2-4-13(12)21-15(17)19/h1-8H,9H2. The largest absolute Gasteiger partial charge is 0.440 e. The van der Waals surface area contributed by atoms with E-state index >= 15 is 0 Å². The Labute approximate surface area is 124 Å². The molecule has 0 aliphatic carbocycles. The Balaban J connectivity index is 1.80. The SMILES string of the molecule is O=C(OCn1c(=O)oc2ccccc21)c1ccc(Cl)cc1. The third-order valence-corrected chi connectivity index (χ3v) is 3.23. The van der Waals surface area contributed by atoms with Gasteiger partial charge in [0, 0.05) is 5.02 Å².